The number of carbonyl (C=O) groups is 1. The van der Waals surface area contributed by atoms with Crippen LogP contribution in [0.15, 0.2) is 47.4 Å². The van der Waals surface area contributed by atoms with E-state index in [1.165, 1.54) is 11.8 Å². The Morgan fingerprint density at radius 2 is 1.48 bits per heavy atom. The summed E-state index contributed by atoms with van der Waals surface area (Å²) < 4.78 is 161. The fraction of sp³-hybridized carbons (Fsp3) is 0.536. The van der Waals surface area contributed by atoms with Gasteiger partial charge in [0.15, 0.2) is 9.84 Å². The summed E-state index contributed by atoms with van der Waals surface area (Å²) in [7, 11) is -8.00. The fourth-order valence-electron chi connectivity index (χ4n) is 7.12. The number of benzene rings is 2. The quantitative estimate of drug-likeness (QED) is 0.321. The number of rotatable bonds is 4. The Morgan fingerprint density at radius 1 is 0.909 bits per heavy atom. The minimum atomic E-state index is -6.38. The molecule has 5 rings (SSSR count). The number of halogens is 8. The van der Waals surface area contributed by atoms with Gasteiger partial charge in [-0.05, 0) is 67.0 Å². The number of nitrogens with zero attached hydrogens (tertiary/aromatic N) is 1. The third kappa shape index (κ3) is 4.72. The molecule has 2 unspecified atom stereocenters. The number of fused-ring (bicyclic) bond motifs is 3. The highest BCUT2D eigenvalue weighted by Crippen LogP contribution is 2.58. The van der Waals surface area contributed by atoms with Crippen molar-refractivity contribution in [1.82, 2.24) is 4.90 Å². The maximum Gasteiger partial charge on any atom is 0.435 e. The first-order valence-electron chi connectivity index (χ1n) is 13.7. The molecule has 0 aromatic heterocycles. The lowest BCUT2D eigenvalue weighted by atomic mass is 9.73. The monoisotopic (exact) mass is 673 g/mol. The SMILES string of the molecule is C[C@@H]1CN(C(=O)C2CCS(=O)(=O)CC2)C2CCc3cc(C(F)(C(F)(F)F)C(F)(F)F)ccc3C21S(=O)(=O)c1ccc(F)cc1. The molecule has 2 heterocycles. The van der Waals surface area contributed by atoms with Gasteiger partial charge in [0.1, 0.15) is 20.4 Å². The van der Waals surface area contributed by atoms with E-state index in [9.17, 15) is 52.4 Å². The Balaban J connectivity index is 1.69. The van der Waals surface area contributed by atoms with Crippen LogP contribution in [-0.4, -0.2) is 64.1 Å². The zero-order chi connectivity index (χ0) is 32.7. The molecule has 6 nitrogen and oxygen atoms in total. The zero-order valence-corrected chi connectivity index (χ0v) is 24.7. The minimum Gasteiger partial charge on any atom is -0.337 e. The number of carbonyl (C=O) groups excluding carboxylic acids is 1. The average molecular weight is 674 g/mol. The average Bonchev–Trinajstić information content (AvgIpc) is 3.24. The number of alkyl halides is 7. The Morgan fingerprint density at radius 3 is 2.02 bits per heavy atom. The summed E-state index contributed by atoms with van der Waals surface area (Å²) in [4.78, 5) is 14.7. The maximum absolute atomic E-state index is 15.0. The molecular weight excluding hydrogens is 646 g/mol. The number of amides is 1. The Labute approximate surface area is 248 Å². The number of sulfone groups is 2. The summed E-state index contributed by atoms with van der Waals surface area (Å²) in [5.74, 6) is -3.50. The lowest BCUT2D eigenvalue weighted by Gasteiger charge is -2.45. The van der Waals surface area contributed by atoms with Crippen molar-refractivity contribution in [1.29, 1.82) is 0 Å². The molecule has 242 valence electrons. The highest BCUT2D eigenvalue weighted by Gasteiger charge is 2.74. The molecule has 2 fully saturated rings. The highest BCUT2D eigenvalue weighted by atomic mass is 32.2. The molecule has 0 bridgehead atoms. The lowest BCUT2D eigenvalue weighted by Crippen LogP contribution is -2.55. The summed E-state index contributed by atoms with van der Waals surface area (Å²) in [6, 6.07) is 3.95. The van der Waals surface area contributed by atoms with Gasteiger partial charge in [0, 0.05) is 18.0 Å². The molecule has 3 atom stereocenters. The van der Waals surface area contributed by atoms with Crippen molar-refractivity contribution in [3.63, 3.8) is 0 Å². The first kappa shape index (κ1) is 32.6. The second-order valence-electron chi connectivity index (χ2n) is 11.6. The number of hydrogen-bond acceptors (Lipinski definition) is 5. The molecule has 2 aromatic carbocycles. The molecule has 0 saturated carbocycles. The van der Waals surface area contributed by atoms with Gasteiger partial charge in [-0.25, -0.2) is 25.6 Å². The van der Waals surface area contributed by atoms with Gasteiger partial charge in [-0.15, -0.1) is 0 Å². The van der Waals surface area contributed by atoms with E-state index in [4.69, 9.17) is 0 Å². The van der Waals surface area contributed by atoms with Crippen molar-refractivity contribution >= 4 is 25.6 Å². The van der Waals surface area contributed by atoms with Gasteiger partial charge < -0.3 is 4.90 Å². The van der Waals surface area contributed by atoms with E-state index in [1.807, 2.05) is 0 Å². The Hall–Kier alpha value is -2.75. The van der Waals surface area contributed by atoms with Crippen LogP contribution >= 0.6 is 0 Å². The van der Waals surface area contributed by atoms with Crippen molar-refractivity contribution in [2.45, 2.75) is 66.3 Å². The largest absolute Gasteiger partial charge is 0.435 e. The zero-order valence-electron chi connectivity index (χ0n) is 23.1. The molecule has 0 radical (unpaired) electrons. The second kappa shape index (κ2) is 10.4. The van der Waals surface area contributed by atoms with Crippen molar-refractivity contribution in [3.8, 4) is 0 Å². The number of likely N-dealkylation sites (tertiary alicyclic amines) is 1. The molecule has 44 heavy (non-hydrogen) atoms. The number of aryl methyl sites for hydroxylation is 1. The highest BCUT2D eigenvalue weighted by molar-refractivity contribution is 7.92. The first-order chi connectivity index (χ1) is 20.2. The number of hydrogen-bond donors (Lipinski definition) is 0. The van der Waals surface area contributed by atoms with Gasteiger partial charge in [0.05, 0.1) is 22.4 Å². The van der Waals surface area contributed by atoms with Crippen molar-refractivity contribution in [2.75, 3.05) is 18.1 Å². The topological polar surface area (TPSA) is 88.6 Å². The van der Waals surface area contributed by atoms with Crippen LogP contribution in [-0.2, 0) is 41.3 Å². The first-order valence-corrected chi connectivity index (χ1v) is 17.0. The van der Waals surface area contributed by atoms with Crippen molar-refractivity contribution < 1.29 is 56.8 Å². The summed E-state index contributed by atoms with van der Waals surface area (Å²) in [5, 5.41) is 0. The lowest BCUT2D eigenvalue weighted by molar-refractivity contribution is -0.348. The molecule has 1 aliphatic carbocycles. The van der Waals surface area contributed by atoms with E-state index < -0.39 is 82.5 Å². The molecular formula is C28H27F8NO5S2. The van der Waals surface area contributed by atoms with Gasteiger partial charge in [0.25, 0.3) is 0 Å². The summed E-state index contributed by atoms with van der Waals surface area (Å²) in [6.45, 7) is 1.30. The smallest absolute Gasteiger partial charge is 0.337 e. The van der Waals surface area contributed by atoms with Gasteiger partial charge in [-0.1, -0.05) is 25.1 Å². The molecule has 2 saturated heterocycles. The second-order valence-corrected chi connectivity index (χ2v) is 16.1. The van der Waals surface area contributed by atoms with Crippen LogP contribution in [0.5, 0.6) is 0 Å². The van der Waals surface area contributed by atoms with E-state index in [0.717, 1.165) is 30.3 Å². The molecule has 1 amide bonds. The van der Waals surface area contributed by atoms with E-state index >= 15 is 4.39 Å². The third-order valence-corrected chi connectivity index (χ3v) is 13.6. The third-order valence-electron chi connectivity index (χ3n) is 9.22. The maximum atomic E-state index is 15.0. The van der Waals surface area contributed by atoms with Crippen LogP contribution in [0, 0.1) is 17.7 Å². The summed E-state index contributed by atoms with van der Waals surface area (Å²) in [5.41, 5.74) is -7.93. The van der Waals surface area contributed by atoms with Crippen LogP contribution < -0.4 is 0 Å². The minimum absolute atomic E-state index is 0.00386. The fourth-order valence-corrected chi connectivity index (χ4v) is 11.2. The molecule has 2 aromatic rings. The van der Waals surface area contributed by atoms with Crippen LogP contribution in [0.1, 0.15) is 42.9 Å². The Kier molecular flexibility index (Phi) is 7.71. The molecule has 0 N–H and O–H groups in total. The van der Waals surface area contributed by atoms with Crippen molar-refractivity contribution in [3.05, 3.63) is 65.0 Å². The van der Waals surface area contributed by atoms with Crippen LogP contribution in [0.2, 0.25) is 0 Å². The van der Waals surface area contributed by atoms with E-state index in [0.29, 0.717) is 6.07 Å². The van der Waals surface area contributed by atoms with Gasteiger partial charge in [0.2, 0.25) is 5.91 Å². The van der Waals surface area contributed by atoms with Gasteiger partial charge in [-0.3, -0.25) is 4.79 Å². The normalized spacial score (nSPS) is 26.2. The molecule has 0 spiro atoms. The van der Waals surface area contributed by atoms with Crippen LogP contribution in [0.4, 0.5) is 35.1 Å². The van der Waals surface area contributed by atoms with Gasteiger partial charge >= 0.3 is 18.0 Å². The molecule has 2 aliphatic heterocycles. The Bertz CT molecular complexity index is 1660. The summed E-state index contributed by atoms with van der Waals surface area (Å²) >= 11 is 0. The standard InChI is InChI=1S/C28H27F8NO5S2/c1-16-15-37(24(38)17-10-12-43(39,40)13-11-17)23-9-2-18-14-19(26(30,27(31,32)33)28(34,35)36)3-8-22(18)25(16,23)44(41,42)21-6-4-20(29)5-7-21/h3-8,14,16-17,23H,2,9-13,15H2,1H3/t16-,23?,25?/m1/s1. The predicted octanol–water partition coefficient (Wildman–Crippen LogP) is 5.40. The van der Waals surface area contributed by atoms with Gasteiger partial charge in [-0.2, -0.15) is 26.3 Å². The summed E-state index contributed by atoms with van der Waals surface area (Å²) in [6.07, 6.45) is -13.3. The van der Waals surface area contributed by atoms with Crippen LogP contribution in [0.3, 0.4) is 0 Å². The predicted molar refractivity (Wildman–Crippen MR) is 141 cm³/mol. The molecule has 16 heteroatoms. The van der Waals surface area contributed by atoms with E-state index in [-0.39, 0.29) is 60.9 Å². The van der Waals surface area contributed by atoms with Crippen LogP contribution in [0.25, 0.3) is 0 Å². The van der Waals surface area contributed by atoms with Crippen molar-refractivity contribution in [2.24, 2.45) is 11.8 Å². The van der Waals surface area contributed by atoms with E-state index in [2.05, 4.69) is 0 Å². The molecule has 3 aliphatic rings. The van der Waals surface area contributed by atoms with E-state index in [1.54, 1.807) is 0 Å².